The van der Waals surface area contributed by atoms with Gasteiger partial charge in [0.1, 0.15) is 0 Å². The standard InChI is InChI=1S/C13H22N2O/c1-10(16)15-8-12-3-5-14-4-2-11(6-12)7-13(15)9-14/h11-13H,2-9H2,1H3. The summed E-state index contributed by atoms with van der Waals surface area (Å²) in [4.78, 5) is 16.5. The highest BCUT2D eigenvalue weighted by Gasteiger charge is 2.37. The average molecular weight is 222 g/mol. The molecule has 4 bridgehead atoms. The number of fused-ring (bicyclic) bond motifs is 3. The summed E-state index contributed by atoms with van der Waals surface area (Å²) in [5.41, 5.74) is 0. The van der Waals surface area contributed by atoms with Gasteiger partial charge in [-0.15, -0.1) is 0 Å². The molecule has 0 saturated carbocycles. The second-order valence-corrected chi connectivity index (χ2v) is 5.91. The quantitative estimate of drug-likeness (QED) is 0.617. The third-order valence-electron chi connectivity index (χ3n) is 4.75. The third-order valence-corrected chi connectivity index (χ3v) is 4.75. The van der Waals surface area contributed by atoms with Gasteiger partial charge in [-0.1, -0.05) is 0 Å². The normalized spacial score (nSPS) is 42.7. The molecule has 0 spiro atoms. The number of hydrogen-bond acceptors (Lipinski definition) is 2. The van der Waals surface area contributed by atoms with E-state index >= 15 is 0 Å². The van der Waals surface area contributed by atoms with Crippen LogP contribution in [0, 0.1) is 11.8 Å². The molecule has 4 saturated heterocycles. The molecule has 4 aliphatic rings. The predicted octanol–water partition coefficient (Wildman–Crippen LogP) is 1.34. The Hall–Kier alpha value is -0.570. The van der Waals surface area contributed by atoms with Crippen LogP contribution < -0.4 is 0 Å². The zero-order valence-electron chi connectivity index (χ0n) is 10.2. The minimum absolute atomic E-state index is 0.291. The zero-order valence-corrected chi connectivity index (χ0v) is 10.2. The van der Waals surface area contributed by atoms with Gasteiger partial charge in [-0.3, -0.25) is 4.79 Å². The van der Waals surface area contributed by atoms with Crippen molar-refractivity contribution in [3.63, 3.8) is 0 Å². The van der Waals surface area contributed by atoms with Crippen LogP contribution in [-0.4, -0.2) is 47.9 Å². The number of carbonyl (C=O) groups excluding carboxylic acids is 1. The number of carbonyl (C=O) groups is 1. The largest absolute Gasteiger partial charge is 0.338 e. The molecule has 90 valence electrons. The first-order valence-corrected chi connectivity index (χ1v) is 6.72. The van der Waals surface area contributed by atoms with E-state index in [2.05, 4.69) is 9.80 Å². The molecule has 0 radical (unpaired) electrons. The lowest BCUT2D eigenvalue weighted by atomic mass is 9.88. The first kappa shape index (κ1) is 10.6. The van der Waals surface area contributed by atoms with Crippen molar-refractivity contribution in [2.45, 2.75) is 38.6 Å². The lowest BCUT2D eigenvalue weighted by molar-refractivity contribution is -0.132. The smallest absolute Gasteiger partial charge is 0.219 e. The van der Waals surface area contributed by atoms with Crippen LogP contribution in [0.15, 0.2) is 0 Å². The summed E-state index contributed by atoms with van der Waals surface area (Å²) in [6, 6.07) is 0.510. The highest BCUT2D eigenvalue weighted by molar-refractivity contribution is 5.73. The summed E-state index contributed by atoms with van der Waals surface area (Å²) < 4.78 is 0. The number of rotatable bonds is 0. The third kappa shape index (κ3) is 1.86. The first-order chi connectivity index (χ1) is 7.72. The topological polar surface area (TPSA) is 23.6 Å². The van der Waals surface area contributed by atoms with Crippen molar-refractivity contribution in [3.8, 4) is 0 Å². The lowest BCUT2D eigenvalue weighted by Crippen LogP contribution is -2.49. The van der Waals surface area contributed by atoms with E-state index in [1.807, 2.05) is 0 Å². The zero-order chi connectivity index (χ0) is 11.1. The minimum Gasteiger partial charge on any atom is -0.338 e. The van der Waals surface area contributed by atoms with Gasteiger partial charge in [-0.2, -0.15) is 0 Å². The van der Waals surface area contributed by atoms with Crippen LogP contribution in [0.25, 0.3) is 0 Å². The molecule has 4 rings (SSSR count). The van der Waals surface area contributed by atoms with Crippen molar-refractivity contribution in [2.24, 2.45) is 11.8 Å². The van der Waals surface area contributed by atoms with E-state index < -0.39 is 0 Å². The predicted molar refractivity (Wildman–Crippen MR) is 63.1 cm³/mol. The van der Waals surface area contributed by atoms with Crippen LogP contribution in [0.3, 0.4) is 0 Å². The molecule has 4 aliphatic heterocycles. The van der Waals surface area contributed by atoms with Crippen molar-refractivity contribution < 1.29 is 4.79 Å². The van der Waals surface area contributed by atoms with Gasteiger partial charge in [-0.25, -0.2) is 0 Å². The Balaban J connectivity index is 1.90. The van der Waals surface area contributed by atoms with Gasteiger partial charge >= 0.3 is 0 Å². The van der Waals surface area contributed by atoms with Gasteiger partial charge in [0.25, 0.3) is 0 Å². The van der Waals surface area contributed by atoms with Gasteiger partial charge in [-0.05, 0) is 50.6 Å². The van der Waals surface area contributed by atoms with E-state index in [4.69, 9.17) is 0 Å². The van der Waals surface area contributed by atoms with Gasteiger partial charge in [0.05, 0.1) is 0 Å². The van der Waals surface area contributed by atoms with E-state index in [9.17, 15) is 4.79 Å². The van der Waals surface area contributed by atoms with Crippen molar-refractivity contribution in [2.75, 3.05) is 26.2 Å². The fourth-order valence-corrected chi connectivity index (χ4v) is 3.91. The fraction of sp³-hybridized carbons (Fsp3) is 0.923. The first-order valence-electron chi connectivity index (χ1n) is 6.72. The number of hydrogen-bond donors (Lipinski definition) is 0. The SMILES string of the molecule is CC(=O)N1CC2CCN3CCC(C2)CC1C3. The summed E-state index contributed by atoms with van der Waals surface area (Å²) in [6.07, 6.45) is 5.28. The van der Waals surface area contributed by atoms with Crippen LogP contribution in [0.5, 0.6) is 0 Å². The molecule has 3 heteroatoms. The maximum atomic E-state index is 11.7. The van der Waals surface area contributed by atoms with Gasteiger partial charge in [0, 0.05) is 26.1 Å². The van der Waals surface area contributed by atoms with Crippen LogP contribution in [0.4, 0.5) is 0 Å². The van der Waals surface area contributed by atoms with Crippen LogP contribution in [-0.2, 0) is 4.79 Å². The Morgan fingerprint density at radius 1 is 1.06 bits per heavy atom. The molecule has 4 fully saturated rings. The van der Waals surface area contributed by atoms with E-state index in [0.717, 1.165) is 24.9 Å². The van der Waals surface area contributed by atoms with Crippen LogP contribution in [0.2, 0.25) is 0 Å². The molecular formula is C13H22N2O. The molecule has 0 aromatic rings. The van der Waals surface area contributed by atoms with Crippen molar-refractivity contribution in [1.29, 1.82) is 0 Å². The van der Waals surface area contributed by atoms with Gasteiger partial charge in [0.15, 0.2) is 0 Å². The molecular weight excluding hydrogens is 200 g/mol. The average Bonchev–Trinajstić information content (AvgIpc) is 2.47. The Morgan fingerprint density at radius 3 is 2.56 bits per heavy atom. The minimum atomic E-state index is 0.291. The van der Waals surface area contributed by atoms with Gasteiger partial charge < -0.3 is 9.80 Å². The van der Waals surface area contributed by atoms with E-state index in [0.29, 0.717) is 11.9 Å². The summed E-state index contributed by atoms with van der Waals surface area (Å²) in [6.45, 7) is 6.43. The number of amides is 1. The summed E-state index contributed by atoms with van der Waals surface area (Å²) >= 11 is 0. The summed E-state index contributed by atoms with van der Waals surface area (Å²) in [5, 5.41) is 0. The highest BCUT2D eigenvalue weighted by atomic mass is 16.2. The molecule has 3 nitrogen and oxygen atoms in total. The van der Waals surface area contributed by atoms with Gasteiger partial charge in [0.2, 0.25) is 5.91 Å². The highest BCUT2D eigenvalue weighted by Crippen LogP contribution is 2.35. The number of nitrogens with zero attached hydrogens (tertiary/aromatic N) is 2. The lowest BCUT2D eigenvalue weighted by Gasteiger charge is -2.37. The molecule has 4 heterocycles. The van der Waals surface area contributed by atoms with E-state index in [1.165, 1.54) is 38.8 Å². The van der Waals surface area contributed by atoms with Crippen molar-refractivity contribution in [3.05, 3.63) is 0 Å². The van der Waals surface area contributed by atoms with Crippen molar-refractivity contribution in [1.82, 2.24) is 9.80 Å². The Bertz CT molecular complexity index is 290. The van der Waals surface area contributed by atoms with E-state index in [1.54, 1.807) is 6.92 Å². The molecule has 16 heavy (non-hydrogen) atoms. The van der Waals surface area contributed by atoms with Crippen LogP contribution >= 0.6 is 0 Å². The molecule has 0 N–H and O–H groups in total. The fourth-order valence-electron chi connectivity index (χ4n) is 3.91. The molecule has 4 unspecified atom stereocenters. The second kappa shape index (κ2) is 4.02. The maximum absolute atomic E-state index is 11.7. The molecule has 4 atom stereocenters. The molecule has 0 aliphatic carbocycles. The second-order valence-electron chi connectivity index (χ2n) is 5.91. The summed E-state index contributed by atoms with van der Waals surface area (Å²) in [5.74, 6) is 1.94. The Morgan fingerprint density at radius 2 is 1.81 bits per heavy atom. The Kier molecular flexibility index (Phi) is 2.66. The monoisotopic (exact) mass is 222 g/mol. The van der Waals surface area contributed by atoms with Crippen LogP contribution in [0.1, 0.15) is 32.6 Å². The summed E-state index contributed by atoms with van der Waals surface area (Å²) in [7, 11) is 0. The van der Waals surface area contributed by atoms with Crippen molar-refractivity contribution >= 4 is 5.91 Å². The molecule has 1 amide bonds. The molecule has 0 aromatic carbocycles. The molecule has 0 aromatic heterocycles. The Labute approximate surface area is 97.8 Å². The van der Waals surface area contributed by atoms with E-state index in [-0.39, 0.29) is 0 Å². The maximum Gasteiger partial charge on any atom is 0.219 e.